The second-order valence-corrected chi connectivity index (χ2v) is 4.85. The Morgan fingerprint density at radius 1 is 1.26 bits per heavy atom. The summed E-state index contributed by atoms with van der Waals surface area (Å²) in [5.41, 5.74) is 1.13. The molecule has 0 fully saturated rings. The second-order valence-electron chi connectivity index (χ2n) is 4.85. The number of benzene rings is 1. The molecule has 0 aliphatic rings. The van der Waals surface area contributed by atoms with Gasteiger partial charge in [-0.2, -0.15) is 18.3 Å². The van der Waals surface area contributed by atoms with Crippen LogP contribution < -0.4 is 10.3 Å². The molecular weight excluding hydrogens is 311 g/mol. The van der Waals surface area contributed by atoms with Gasteiger partial charge in [-0.1, -0.05) is 6.07 Å². The minimum atomic E-state index is -4.50. The number of nitrogens with zero attached hydrogens (tertiary/aromatic N) is 2. The van der Waals surface area contributed by atoms with Crippen LogP contribution in [0.1, 0.15) is 21.7 Å². The summed E-state index contributed by atoms with van der Waals surface area (Å²) in [5.74, 6) is 0.264. The first-order chi connectivity index (χ1) is 10.8. The zero-order valence-corrected chi connectivity index (χ0v) is 12.4. The van der Waals surface area contributed by atoms with Crippen LogP contribution in [0.15, 0.2) is 45.9 Å². The lowest BCUT2D eigenvalue weighted by Gasteiger charge is -2.07. The molecular formula is C15H14F3N3O2. The monoisotopic (exact) mass is 325 g/mol. The number of halogens is 3. The maximum Gasteiger partial charge on any atom is 0.416 e. The molecule has 0 aliphatic heterocycles. The number of hydrogen-bond donors (Lipinski definition) is 1. The van der Waals surface area contributed by atoms with Crippen LogP contribution in [-0.2, 0) is 6.18 Å². The third kappa shape index (κ3) is 4.35. The summed E-state index contributed by atoms with van der Waals surface area (Å²) in [5, 5.41) is 3.66. The van der Waals surface area contributed by atoms with Crippen LogP contribution in [0.25, 0.3) is 0 Å². The standard InChI is InChI=1S/C15H14F3N3O2/c1-21(2)13-7-6-12(23-13)9-19-20-14(22)10-4-3-5-11(8-10)15(16,17)18/h3-9H,1-2H3,(H,20,22). The van der Waals surface area contributed by atoms with Crippen molar-refractivity contribution in [3.63, 3.8) is 0 Å². The number of carbonyl (C=O) groups is 1. The van der Waals surface area contributed by atoms with Gasteiger partial charge < -0.3 is 9.32 Å². The van der Waals surface area contributed by atoms with E-state index in [1.54, 1.807) is 31.1 Å². The van der Waals surface area contributed by atoms with Crippen molar-refractivity contribution in [2.24, 2.45) is 5.10 Å². The Labute approximate surface area is 130 Å². The van der Waals surface area contributed by atoms with Gasteiger partial charge in [0.05, 0.1) is 11.8 Å². The summed E-state index contributed by atoms with van der Waals surface area (Å²) in [4.78, 5) is 13.5. The van der Waals surface area contributed by atoms with E-state index in [9.17, 15) is 18.0 Å². The molecule has 1 amide bonds. The van der Waals surface area contributed by atoms with E-state index in [2.05, 4.69) is 10.5 Å². The summed E-state index contributed by atoms with van der Waals surface area (Å²) in [6.07, 6.45) is -3.24. The van der Waals surface area contributed by atoms with Crippen molar-refractivity contribution in [3.05, 3.63) is 53.3 Å². The zero-order chi connectivity index (χ0) is 17.0. The number of carbonyl (C=O) groups excluding carboxylic acids is 1. The largest absolute Gasteiger partial charge is 0.440 e. The normalized spacial score (nSPS) is 11.7. The van der Waals surface area contributed by atoms with Gasteiger partial charge in [-0.05, 0) is 24.3 Å². The topological polar surface area (TPSA) is 57.8 Å². The first-order valence-corrected chi connectivity index (χ1v) is 6.55. The maximum absolute atomic E-state index is 12.6. The molecule has 23 heavy (non-hydrogen) atoms. The van der Waals surface area contributed by atoms with E-state index in [0.29, 0.717) is 11.6 Å². The summed E-state index contributed by atoms with van der Waals surface area (Å²) in [6.45, 7) is 0. The number of amides is 1. The van der Waals surface area contributed by atoms with Gasteiger partial charge in [0.2, 0.25) is 0 Å². The van der Waals surface area contributed by atoms with Crippen LogP contribution >= 0.6 is 0 Å². The highest BCUT2D eigenvalue weighted by Gasteiger charge is 2.30. The molecule has 8 heteroatoms. The van der Waals surface area contributed by atoms with Crippen LogP contribution in [0.2, 0.25) is 0 Å². The number of rotatable bonds is 4. The molecule has 0 bridgehead atoms. The van der Waals surface area contributed by atoms with E-state index in [1.165, 1.54) is 12.3 Å². The Bertz CT molecular complexity index is 721. The highest BCUT2D eigenvalue weighted by Crippen LogP contribution is 2.29. The van der Waals surface area contributed by atoms with Gasteiger partial charge in [-0.3, -0.25) is 4.79 Å². The maximum atomic E-state index is 12.6. The average Bonchev–Trinajstić information content (AvgIpc) is 2.95. The van der Waals surface area contributed by atoms with Gasteiger partial charge in [0.15, 0.2) is 5.88 Å². The van der Waals surface area contributed by atoms with Crippen molar-refractivity contribution in [3.8, 4) is 0 Å². The third-order valence-electron chi connectivity index (χ3n) is 2.86. The van der Waals surface area contributed by atoms with Gasteiger partial charge in [0, 0.05) is 25.7 Å². The van der Waals surface area contributed by atoms with Crippen molar-refractivity contribution < 1.29 is 22.4 Å². The Balaban J connectivity index is 2.03. The number of nitrogens with one attached hydrogen (secondary N) is 1. The first-order valence-electron chi connectivity index (χ1n) is 6.55. The second kappa shape index (κ2) is 6.55. The Hall–Kier alpha value is -2.77. The molecule has 0 atom stereocenters. The Kier molecular flexibility index (Phi) is 4.73. The van der Waals surface area contributed by atoms with E-state index < -0.39 is 17.6 Å². The summed E-state index contributed by atoms with van der Waals surface area (Å²) < 4.78 is 43.2. The molecule has 1 aromatic carbocycles. The molecule has 0 unspecified atom stereocenters. The Morgan fingerprint density at radius 2 is 2.00 bits per heavy atom. The quantitative estimate of drug-likeness (QED) is 0.694. The van der Waals surface area contributed by atoms with Gasteiger partial charge >= 0.3 is 6.18 Å². The van der Waals surface area contributed by atoms with Crippen LogP contribution in [0, 0.1) is 0 Å². The van der Waals surface area contributed by atoms with E-state index in [4.69, 9.17) is 4.42 Å². The number of furan rings is 1. The van der Waals surface area contributed by atoms with Gasteiger partial charge in [0.25, 0.3) is 5.91 Å². The molecule has 0 saturated heterocycles. The van der Waals surface area contributed by atoms with Crippen LogP contribution in [0.5, 0.6) is 0 Å². The zero-order valence-electron chi connectivity index (χ0n) is 12.4. The van der Waals surface area contributed by atoms with Crippen LogP contribution in [0.4, 0.5) is 19.1 Å². The summed E-state index contributed by atoms with van der Waals surface area (Å²) >= 11 is 0. The highest BCUT2D eigenvalue weighted by atomic mass is 19.4. The molecule has 122 valence electrons. The molecule has 1 N–H and O–H groups in total. The summed E-state index contributed by atoms with van der Waals surface area (Å²) in [6, 6.07) is 7.47. The lowest BCUT2D eigenvalue weighted by atomic mass is 10.1. The van der Waals surface area contributed by atoms with Gasteiger partial charge in [0.1, 0.15) is 5.76 Å². The number of hydrogen-bond acceptors (Lipinski definition) is 4. The fourth-order valence-electron chi connectivity index (χ4n) is 1.71. The lowest BCUT2D eigenvalue weighted by Crippen LogP contribution is -2.18. The lowest BCUT2D eigenvalue weighted by molar-refractivity contribution is -0.137. The molecule has 0 aliphatic carbocycles. The predicted molar refractivity (Wildman–Crippen MR) is 79.5 cm³/mol. The predicted octanol–water partition coefficient (Wildman–Crippen LogP) is 3.13. The molecule has 2 rings (SSSR count). The number of hydrazone groups is 1. The van der Waals surface area contributed by atoms with E-state index in [1.807, 2.05) is 0 Å². The van der Waals surface area contributed by atoms with Crippen molar-refractivity contribution in [1.29, 1.82) is 0 Å². The number of anilines is 1. The van der Waals surface area contributed by atoms with Crippen molar-refractivity contribution in [2.75, 3.05) is 19.0 Å². The highest BCUT2D eigenvalue weighted by molar-refractivity contribution is 5.94. The van der Waals surface area contributed by atoms with Gasteiger partial charge in [-0.25, -0.2) is 5.43 Å². The van der Waals surface area contributed by atoms with E-state index >= 15 is 0 Å². The SMILES string of the molecule is CN(C)c1ccc(C=NNC(=O)c2cccc(C(F)(F)F)c2)o1. The van der Waals surface area contributed by atoms with E-state index in [-0.39, 0.29) is 5.56 Å². The van der Waals surface area contributed by atoms with Crippen molar-refractivity contribution in [1.82, 2.24) is 5.43 Å². The number of alkyl halides is 3. The minimum absolute atomic E-state index is 0.134. The first kappa shape index (κ1) is 16.6. The van der Waals surface area contributed by atoms with Crippen LogP contribution in [0.3, 0.4) is 0 Å². The average molecular weight is 325 g/mol. The molecule has 1 aromatic heterocycles. The molecule has 0 saturated carbocycles. The van der Waals surface area contributed by atoms with E-state index in [0.717, 1.165) is 18.2 Å². The third-order valence-corrected chi connectivity index (χ3v) is 2.86. The molecule has 5 nitrogen and oxygen atoms in total. The van der Waals surface area contributed by atoms with Crippen molar-refractivity contribution in [2.45, 2.75) is 6.18 Å². The molecule has 1 heterocycles. The fraction of sp³-hybridized carbons (Fsp3) is 0.200. The fourth-order valence-corrected chi connectivity index (χ4v) is 1.71. The minimum Gasteiger partial charge on any atom is -0.440 e. The van der Waals surface area contributed by atoms with Crippen LogP contribution in [-0.4, -0.2) is 26.2 Å². The summed E-state index contributed by atoms with van der Waals surface area (Å²) in [7, 11) is 3.60. The molecule has 0 radical (unpaired) electrons. The van der Waals surface area contributed by atoms with Crippen molar-refractivity contribution >= 4 is 18.0 Å². The smallest absolute Gasteiger partial charge is 0.416 e. The Morgan fingerprint density at radius 3 is 2.61 bits per heavy atom. The van der Waals surface area contributed by atoms with Gasteiger partial charge in [-0.15, -0.1) is 0 Å². The molecule has 0 spiro atoms. The molecule has 2 aromatic rings.